The maximum atomic E-state index is 6.75. The van der Waals surface area contributed by atoms with E-state index in [-0.39, 0.29) is 36.7 Å². The summed E-state index contributed by atoms with van der Waals surface area (Å²) in [5.41, 5.74) is 13.5. The predicted molar refractivity (Wildman–Crippen MR) is 230 cm³/mol. The maximum Gasteiger partial charge on any atom is 2.00 e. The van der Waals surface area contributed by atoms with Gasteiger partial charge >= 0.3 is 20.4 Å². The smallest absolute Gasteiger partial charge is 0.509 e. The second-order valence-electron chi connectivity index (χ2n) is 18.7. The number of hydrogen-bond donors (Lipinski definition) is 0. The number of benzene rings is 4. The van der Waals surface area contributed by atoms with E-state index >= 15 is 0 Å². The topological polar surface area (TPSA) is 44.9 Å². The van der Waals surface area contributed by atoms with Crippen molar-refractivity contribution < 1.29 is 25.2 Å². The molecule has 0 fully saturated rings. The van der Waals surface area contributed by atoms with Crippen LogP contribution in [0.2, 0.25) is 0 Å². The van der Waals surface area contributed by atoms with Crippen LogP contribution in [-0.2, 0) is 36.7 Å². The van der Waals surface area contributed by atoms with Gasteiger partial charge in [-0.15, -0.1) is 41.3 Å². The summed E-state index contributed by atoms with van der Waals surface area (Å²) in [6.07, 6.45) is 1.90. The van der Waals surface area contributed by atoms with E-state index < -0.39 is 0 Å². The van der Waals surface area contributed by atoms with E-state index in [0.717, 1.165) is 50.3 Å². The molecule has 0 N–H and O–H groups in total. The van der Waals surface area contributed by atoms with Gasteiger partial charge in [-0.2, -0.15) is 11.2 Å². The van der Waals surface area contributed by atoms with Crippen molar-refractivity contribution in [3.8, 4) is 34.1 Å². The van der Waals surface area contributed by atoms with Crippen molar-refractivity contribution in [3.63, 3.8) is 0 Å². The van der Waals surface area contributed by atoms with Crippen molar-refractivity contribution in [1.82, 2.24) is 19.3 Å². The number of ether oxygens (including phenoxy) is 1. The van der Waals surface area contributed by atoms with Crippen LogP contribution in [-0.4, -0.2) is 19.3 Å². The van der Waals surface area contributed by atoms with Crippen LogP contribution in [0.5, 0.6) is 11.5 Å². The summed E-state index contributed by atoms with van der Waals surface area (Å²) in [5, 5.41) is 7.49. The average molecular weight is 835 g/mol. The largest absolute Gasteiger partial charge is 2.00 e. The molecular weight excluding hydrogens is 779 g/mol. The van der Waals surface area contributed by atoms with E-state index in [0.29, 0.717) is 17.4 Å². The monoisotopic (exact) mass is 834 g/mol. The van der Waals surface area contributed by atoms with Gasteiger partial charge < -0.3 is 9.30 Å². The summed E-state index contributed by atoms with van der Waals surface area (Å²) in [6.45, 7) is 31.5. The van der Waals surface area contributed by atoms with Crippen molar-refractivity contribution in [1.29, 1.82) is 0 Å². The summed E-state index contributed by atoms with van der Waals surface area (Å²) in [4.78, 5) is 4.83. The number of pyridine rings is 1. The third kappa shape index (κ3) is 7.63. The molecule has 0 aliphatic carbocycles. The number of fused-ring (bicyclic) bond motifs is 3. The summed E-state index contributed by atoms with van der Waals surface area (Å²) >= 11 is 0. The van der Waals surface area contributed by atoms with Crippen molar-refractivity contribution in [2.75, 3.05) is 0 Å². The van der Waals surface area contributed by atoms with Gasteiger partial charge in [0.1, 0.15) is 5.82 Å². The quantitative estimate of drug-likeness (QED) is 0.124. The van der Waals surface area contributed by atoms with Gasteiger partial charge in [-0.1, -0.05) is 118 Å². The molecule has 0 atom stereocenters. The number of aryl methyl sites for hydroxylation is 2. The van der Waals surface area contributed by atoms with E-state index in [1.165, 1.54) is 33.4 Å². The van der Waals surface area contributed by atoms with Crippen LogP contribution in [0.4, 0.5) is 0 Å². The molecule has 3 aromatic heterocycles. The number of nitrogens with zero attached hydrogens (tertiary/aromatic N) is 4. The Morgan fingerprint density at radius 3 is 1.96 bits per heavy atom. The van der Waals surface area contributed by atoms with Crippen LogP contribution in [0, 0.1) is 32.9 Å². The van der Waals surface area contributed by atoms with E-state index in [1.54, 1.807) is 0 Å². The molecule has 4 aromatic carbocycles. The average Bonchev–Trinajstić information content (AvgIpc) is 3.59. The molecule has 5 nitrogen and oxygen atoms in total. The first-order valence-electron chi connectivity index (χ1n) is 19.6. The first kappa shape index (κ1) is 41.1. The Kier molecular flexibility index (Phi) is 10.9. The molecule has 0 aliphatic rings. The fraction of sp³-hybridized carbons (Fsp3) is 0.360. The zero-order valence-corrected chi connectivity index (χ0v) is 37.2. The van der Waals surface area contributed by atoms with Crippen molar-refractivity contribution >= 4 is 21.8 Å². The summed E-state index contributed by atoms with van der Waals surface area (Å²) in [7, 11) is 0. The third-order valence-electron chi connectivity index (χ3n) is 10.8. The van der Waals surface area contributed by atoms with E-state index in [9.17, 15) is 0 Å². The van der Waals surface area contributed by atoms with Gasteiger partial charge in [0.2, 0.25) is 0 Å². The molecular formula is C50H56N4OPd. The van der Waals surface area contributed by atoms with E-state index in [4.69, 9.17) is 14.8 Å². The molecule has 0 aliphatic heterocycles. The number of para-hydroxylation sites is 1. The van der Waals surface area contributed by atoms with Gasteiger partial charge in [0.05, 0.1) is 5.69 Å². The molecule has 56 heavy (non-hydrogen) atoms. The Morgan fingerprint density at radius 1 is 0.679 bits per heavy atom. The van der Waals surface area contributed by atoms with Crippen LogP contribution in [0.25, 0.3) is 44.4 Å². The molecule has 3 heterocycles. The minimum absolute atomic E-state index is 0. The minimum atomic E-state index is -0.149. The number of rotatable bonds is 6. The fourth-order valence-corrected chi connectivity index (χ4v) is 7.81. The van der Waals surface area contributed by atoms with Crippen molar-refractivity contribution in [3.05, 3.63) is 130 Å². The first-order chi connectivity index (χ1) is 25.7. The molecule has 292 valence electrons. The van der Waals surface area contributed by atoms with Crippen LogP contribution in [0.1, 0.15) is 121 Å². The second-order valence-corrected chi connectivity index (χ2v) is 18.7. The first-order valence-corrected chi connectivity index (χ1v) is 19.6. The second kappa shape index (κ2) is 14.8. The van der Waals surface area contributed by atoms with Gasteiger partial charge in [-0.25, -0.2) is 4.98 Å². The van der Waals surface area contributed by atoms with E-state index in [1.807, 2.05) is 12.3 Å². The Balaban J connectivity index is 0.00000532. The van der Waals surface area contributed by atoms with Gasteiger partial charge in [0.15, 0.2) is 0 Å². The van der Waals surface area contributed by atoms with Crippen LogP contribution in [0.15, 0.2) is 79.0 Å². The zero-order valence-electron chi connectivity index (χ0n) is 35.6. The molecule has 0 unspecified atom stereocenters. The molecule has 0 saturated carbocycles. The summed E-state index contributed by atoms with van der Waals surface area (Å²) in [6, 6.07) is 33.2. The molecule has 0 amide bonds. The minimum Gasteiger partial charge on any atom is -0.509 e. The van der Waals surface area contributed by atoms with Crippen molar-refractivity contribution in [2.45, 2.75) is 119 Å². The number of aromatic nitrogens is 4. The van der Waals surface area contributed by atoms with Gasteiger partial charge in [0.25, 0.3) is 0 Å². The van der Waals surface area contributed by atoms with Gasteiger partial charge in [0, 0.05) is 34.5 Å². The van der Waals surface area contributed by atoms with Crippen LogP contribution in [0.3, 0.4) is 0 Å². The standard InChI is InChI=1S/C50H56N4O.Pd/c1-30(2)34-21-22-51-45(25-34)53-43-18-16-15-17-39(43)40-20-19-37(29-44(40)53)55-38-27-35(48(6,7)8)26-36(28-38)54-33(5)46(32(4)52-54)47-41(49(9,10)11)23-31(3)24-42(47)50(12,13)14;/h15-27,30H,1-14H3;/q-2;+2. The molecule has 0 bridgehead atoms. The Hall–Kier alpha value is -4.50. The molecule has 0 saturated heterocycles. The molecule has 6 heteroatoms. The Bertz CT molecular complexity index is 2550. The maximum absolute atomic E-state index is 6.75. The van der Waals surface area contributed by atoms with Crippen LogP contribution >= 0.6 is 0 Å². The summed E-state index contributed by atoms with van der Waals surface area (Å²) in [5.74, 6) is 2.49. The molecule has 7 aromatic rings. The number of hydrogen-bond acceptors (Lipinski definition) is 3. The van der Waals surface area contributed by atoms with Gasteiger partial charge in [-0.3, -0.25) is 4.68 Å². The predicted octanol–water partition coefficient (Wildman–Crippen LogP) is 13.4. The van der Waals surface area contributed by atoms with Crippen molar-refractivity contribution in [2.24, 2.45) is 0 Å². The third-order valence-corrected chi connectivity index (χ3v) is 10.8. The van der Waals surface area contributed by atoms with Crippen LogP contribution < -0.4 is 4.74 Å². The fourth-order valence-electron chi connectivity index (χ4n) is 7.81. The van der Waals surface area contributed by atoms with E-state index in [2.05, 4.69) is 185 Å². The molecule has 7 rings (SSSR count). The SMILES string of the molecule is Cc1cc(C(C)(C)C)c(-c2c(C)nn(-c3[c-]c(Oc4[c-]c5c(cc4)c4ccccc4n5-c4cc(C(C)C)ccn4)cc(C(C)(C)C)c3)c2C)c(C(C)(C)C)c1.[Pd+2]. The van der Waals surface area contributed by atoms with Gasteiger partial charge in [-0.05, 0) is 94.5 Å². The Labute approximate surface area is 348 Å². The Morgan fingerprint density at radius 2 is 1.34 bits per heavy atom. The molecule has 0 spiro atoms. The zero-order chi connectivity index (χ0) is 39.8. The normalized spacial score (nSPS) is 12.5. The summed E-state index contributed by atoms with van der Waals surface area (Å²) < 4.78 is 11.0. The molecule has 0 radical (unpaired) electrons.